The molecule has 0 amide bonds. The van der Waals surface area contributed by atoms with Crippen LogP contribution in [0.2, 0.25) is 0 Å². The molecule has 0 spiro atoms. The van der Waals surface area contributed by atoms with Crippen LogP contribution in [-0.4, -0.2) is 48.2 Å². The van der Waals surface area contributed by atoms with Crippen molar-refractivity contribution in [3.05, 3.63) is 0 Å². The fraction of sp³-hybridized carbons (Fsp3) is 0.900. The number of rotatable bonds is 1. The molecule has 0 saturated carbocycles. The highest BCUT2D eigenvalue weighted by Gasteiger charge is 2.24. The Morgan fingerprint density at radius 2 is 2.14 bits per heavy atom. The van der Waals surface area contributed by atoms with Crippen molar-refractivity contribution in [1.29, 1.82) is 0 Å². The summed E-state index contributed by atoms with van der Waals surface area (Å²) >= 11 is 0. The Hall–Kier alpha value is -0.610. The Morgan fingerprint density at radius 3 is 2.71 bits per heavy atom. The highest BCUT2D eigenvalue weighted by atomic mass is 16.5. The predicted molar refractivity (Wildman–Crippen MR) is 53.9 cm³/mol. The summed E-state index contributed by atoms with van der Waals surface area (Å²) in [5, 5.41) is 11.9. The number of hydrogen-bond acceptors (Lipinski definition) is 4. The first-order valence-corrected chi connectivity index (χ1v) is 5.42. The minimum absolute atomic E-state index is 0.601. The summed E-state index contributed by atoms with van der Waals surface area (Å²) in [6, 6.07) is 0.601. The standard InChI is InChI=1S/C10H18N2O2/c13-11-9-3-5-12(6-4-9)10-2-1-7-14-8-10/h10,13H,1-8H2. The summed E-state index contributed by atoms with van der Waals surface area (Å²) in [6.07, 6.45) is 4.26. The molecule has 80 valence electrons. The van der Waals surface area contributed by atoms with Gasteiger partial charge < -0.3 is 9.94 Å². The summed E-state index contributed by atoms with van der Waals surface area (Å²) < 4.78 is 5.47. The predicted octanol–water partition coefficient (Wildman–Crippen LogP) is 1.09. The maximum atomic E-state index is 8.63. The number of hydrogen-bond donors (Lipinski definition) is 1. The van der Waals surface area contributed by atoms with Gasteiger partial charge in [-0.2, -0.15) is 0 Å². The zero-order chi connectivity index (χ0) is 9.80. The number of ether oxygens (including phenoxy) is 1. The molecule has 1 N–H and O–H groups in total. The second-order valence-corrected chi connectivity index (χ2v) is 4.07. The topological polar surface area (TPSA) is 45.1 Å². The van der Waals surface area contributed by atoms with E-state index >= 15 is 0 Å². The van der Waals surface area contributed by atoms with Gasteiger partial charge in [0.05, 0.1) is 12.3 Å². The zero-order valence-corrected chi connectivity index (χ0v) is 8.48. The van der Waals surface area contributed by atoms with E-state index in [1.165, 1.54) is 12.8 Å². The largest absolute Gasteiger partial charge is 0.411 e. The van der Waals surface area contributed by atoms with Crippen molar-refractivity contribution in [1.82, 2.24) is 4.90 Å². The summed E-state index contributed by atoms with van der Waals surface area (Å²) in [4.78, 5) is 2.47. The molecular weight excluding hydrogens is 180 g/mol. The SMILES string of the molecule is ON=C1CCN(C2CCCOC2)CC1. The lowest BCUT2D eigenvalue weighted by atomic mass is 10.0. The molecule has 0 bridgehead atoms. The number of oxime groups is 1. The van der Waals surface area contributed by atoms with E-state index in [4.69, 9.17) is 9.94 Å². The number of piperidine rings is 1. The maximum absolute atomic E-state index is 8.63. The van der Waals surface area contributed by atoms with Crippen LogP contribution in [-0.2, 0) is 4.74 Å². The molecule has 2 aliphatic heterocycles. The minimum Gasteiger partial charge on any atom is -0.411 e. The van der Waals surface area contributed by atoms with Crippen molar-refractivity contribution in [2.75, 3.05) is 26.3 Å². The molecule has 0 aromatic rings. The fourth-order valence-electron chi connectivity index (χ4n) is 2.26. The highest BCUT2D eigenvalue weighted by Crippen LogP contribution is 2.17. The lowest BCUT2D eigenvalue weighted by molar-refractivity contribution is 0.0173. The third kappa shape index (κ3) is 2.25. The molecule has 0 aromatic carbocycles. The molecule has 0 radical (unpaired) electrons. The molecule has 1 atom stereocenters. The van der Waals surface area contributed by atoms with Crippen LogP contribution in [0.25, 0.3) is 0 Å². The van der Waals surface area contributed by atoms with Gasteiger partial charge in [-0.05, 0) is 12.8 Å². The lowest BCUT2D eigenvalue weighted by Gasteiger charge is -2.36. The molecule has 2 heterocycles. The summed E-state index contributed by atoms with van der Waals surface area (Å²) in [5.41, 5.74) is 0.943. The van der Waals surface area contributed by atoms with Crippen molar-refractivity contribution in [3.8, 4) is 0 Å². The number of nitrogens with zero attached hydrogens (tertiary/aromatic N) is 2. The van der Waals surface area contributed by atoms with Gasteiger partial charge in [0.1, 0.15) is 0 Å². The van der Waals surface area contributed by atoms with Gasteiger partial charge in [-0.1, -0.05) is 5.16 Å². The van der Waals surface area contributed by atoms with E-state index in [-0.39, 0.29) is 0 Å². The van der Waals surface area contributed by atoms with Crippen molar-refractivity contribution >= 4 is 5.71 Å². The van der Waals surface area contributed by atoms with Crippen LogP contribution in [0.5, 0.6) is 0 Å². The first kappa shape index (κ1) is 9.93. The Morgan fingerprint density at radius 1 is 1.36 bits per heavy atom. The normalized spacial score (nSPS) is 30.3. The zero-order valence-electron chi connectivity index (χ0n) is 8.48. The molecule has 2 fully saturated rings. The van der Waals surface area contributed by atoms with Gasteiger partial charge in [-0.25, -0.2) is 0 Å². The molecule has 1 unspecified atom stereocenters. The van der Waals surface area contributed by atoms with E-state index < -0.39 is 0 Å². The molecule has 2 saturated heterocycles. The molecular formula is C10H18N2O2. The average Bonchev–Trinajstić information content (AvgIpc) is 2.30. The van der Waals surface area contributed by atoms with Crippen LogP contribution in [0.1, 0.15) is 25.7 Å². The highest BCUT2D eigenvalue weighted by molar-refractivity contribution is 5.84. The molecule has 4 nitrogen and oxygen atoms in total. The van der Waals surface area contributed by atoms with Crippen LogP contribution >= 0.6 is 0 Å². The van der Waals surface area contributed by atoms with Gasteiger partial charge in [0.2, 0.25) is 0 Å². The minimum atomic E-state index is 0.601. The third-order valence-electron chi connectivity index (χ3n) is 3.17. The van der Waals surface area contributed by atoms with E-state index in [1.807, 2.05) is 0 Å². The van der Waals surface area contributed by atoms with Gasteiger partial charge in [0, 0.05) is 38.6 Å². The smallest absolute Gasteiger partial charge is 0.0621 e. The van der Waals surface area contributed by atoms with Crippen molar-refractivity contribution in [2.45, 2.75) is 31.7 Å². The summed E-state index contributed by atoms with van der Waals surface area (Å²) in [6.45, 7) is 3.85. The van der Waals surface area contributed by atoms with E-state index in [2.05, 4.69) is 10.1 Å². The Labute approximate surface area is 84.5 Å². The first-order chi connectivity index (χ1) is 6.90. The van der Waals surface area contributed by atoms with Crippen molar-refractivity contribution in [2.24, 2.45) is 5.16 Å². The van der Waals surface area contributed by atoms with Gasteiger partial charge in [0.25, 0.3) is 0 Å². The van der Waals surface area contributed by atoms with Crippen LogP contribution in [0.15, 0.2) is 5.16 Å². The van der Waals surface area contributed by atoms with Crippen molar-refractivity contribution in [3.63, 3.8) is 0 Å². The van der Waals surface area contributed by atoms with Crippen LogP contribution in [0.3, 0.4) is 0 Å². The molecule has 2 rings (SSSR count). The van der Waals surface area contributed by atoms with Gasteiger partial charge in [-0.3, -0.25) is 4.90 Å². The molecule has 0 aromatic heterocycles. The Balaban J connectivity index is 1.82. The Kier molecular flexibility index (Phi) is 3.37. The van der Waals surface area contributed by atoms with Crippen molar-refractivity contribution < 1.29 is 9.94 Å². The average molecular weight is 198 g/mol. The van der Waals surface area contributed by atoms with E-state index in [0.717, 1.165) is 44.9 Å². The number of likely N-dealkylation sites (tertiary alicyclic amines) is 1. The van der Waals surface area contributed by atoms with Gasteiger partial charge in [0.15, 0.2) is 0 Å². The third-order valence-corrected chi connectivity index (χ3v) is 3.17. The van der Waals surface area contributed by atoms with E-state index in [1.54, 1.807) is 0 Å². The second kappa shape index (κ2) is 4.75. The van der Waals surface area contributed by atoms with Gasteiger partial charge in [-0.15, -0.1) is 0 Å². The monoisotopic (exact) mass is 198 g/mol. The molecule has 2 aliphatic rings. The lowest BCUT2D eigenvalue weighted by Crippen LogP contribution is -2.45. The van der Waals surface area contributed by atoms with Crippen LogP contribution < -0.4 is 0 Å². The first-order valence-electron chi connectivity index (χ1n) is 5.42. The Bertz CT molecular complexity index is 202. The fourth-order valence-corrected chi connectivity index (χ4v) is 2.26. The van der Waals surface area contributed by atoms with Crippen LogP contribution in [0, 0.1) is 0 Å². The van der Waals surface area contributed by atoms with Gasteiger partial charge >= 0.3 is 0 Å². The molecule has 14 heavy (non-hydrogen) atoms. The maximum Gasteiger partial charge on any atom is 0.0621 e. The van der Waals surface area contributed by atoms with E-state index in [9.17, 15) is 0 Å². The van der Waals surface area contributed by atoms with Crippen LogP contribution in [0.4, 0.5) is 0 Å². The summed E-state index contributed by atoms with van der Waals surface area (Å²) in [5.74, 6) is 0. The molecule has 0 aliphatic carbocycles. The quantitative estimate of drug-likeness (QED) is 0.507. The second-order valence-electron chi connectivity index (χ2n) is 4.07. The molecule has 4 heteroatoms. The summed E-state index contributed by atoms with van der Waals surface area (Å²) in [7, 11) is 0. The van der Waals surface area contributed by atoms with E-state index in [0.29, 0.717) is 6.04 Å².